The van der Waals surface area contributed by atoms with Crippen LogP contribution in [0.15, 0.2) is 36.4 Å². The standard InChI is InChI=1S/C18H23N/c1-12-6-13(2)9-17(8-12)16(5)19-18-10-14(3)7-15(4)11-18/h6-11,16,19H,1-5H3. The lowest BCUT2D eigenvalue weighted by Crippen LogP contribution is -2.07. The number of anilines is 1. The second kappa shape index (κ2) is 5.48. The van der Waals surface area contributed by atoms with E-state index in [0.29, 0.717) is 6.04 Å². The van der Waals surface area contributed by atoms with E-state index in [9.17, 15) is 0 Å². The van der Waals surface area contributed by atoms with Crippen LogP contribution < -0.4 is 5.32 Å². The molecule has 1 N–H and O–H groups in total. The number of hydrogen-bond acceptors (Lipinski definition) is 1. The first kappa shape index (κ1) is 13.7. The quantitative estimate of drug-likeness (QED) is 0.803. The van der Waals surface area contributed by atoms with Gasteiger partial charge in [0, 0.05) is 11.7 Å². The molecule has 1 unspecified atom stereocenters. The minimum Gasteiger partial charge on any atom is -0.379 e. The predicted octanol–water partition coefficient (Wildman–Crippen LogP) is 5.09. The second-order valence-corrected chi connectivity index (χ2v) is 5.66. The van der Waals surface area contributed by atoms with E-state index in [1.807, 2.05) is 0 Å². The Morgan fingerprint density at radius 1 is 0.684 bits per heavy atom. The summed E-state index contributed by atoms with van der Waals surface area (Å²) in [7, 11) is 0. The number of rotatable bonds is 3. The first-order valence-corrected chi connectivity index (χ1v) is 6.87. The molecule has 0 aromatic heterocycles. The third kappa shape index (κ3) is 3.60. The molecule has 2 aromatic carbocycles. The van der Waals surface area contributed by atoms with Crippen molar-refractivity contribution in [1.82, 2.24) is 0 Å². The average molecular weight is 253 g/mol. The number of nitrogens with one attached hydrogen (secondary N) is 1. The van der Waals surface area contributed by atoms with Crippen molar-refractivity contribution in [3.8, 4) is 0 Å². The highest BCUT2D eigenvalue weighted by Crippen LogP contribution is 2.23. The molecule has 2 aromatic rings. The van der Waals surface area contributed by atoms with Gasteiger partial charge in [0.05, 0.1) is 0 Å². The van der Waals surface area contributed by atoms with Crippen molar-refractivity contribution >= 4 is 5.69 Å². The monoisotopic (exact) mass is 253 g/mol. The van der Waals surface area contributed by atoms with Crippen molar-refractivity contribution in [2.24, 2.45) is 0 Å². The lowest BCUT2D eigenvalue weighted by Gasteiger charge is -2.18. The van der Waals surface area contributed by atoms with Crippen LogP contribution in [0, 0.1) is 27.7 Å². The van der Waals surface area contributed by atoms with Gasteiger partial charge in [-0.15, -0.1) is 0 Å². The van der Waals surface area contributed by atoms with Crippen molar-refractivity contribution in [3.05, 3.63) is 64.2 Å². The zero-order valence-electron chi connectivity index (χ0n) is 12.5. The van der Waals surface area contributed by atoms with E-state index in [4.69, 9.17) is 0 Å². The van der Waals surface area contributed by atoms with Crippen molar-refractivity contribution < 1.29 is 0 Å². The zero-order valence-corrected chi connectivity index (χ0v) is 12.5. The summed E-state index contributed by atoms with van der Waals surface area (Å²) in [6.45, 7) is 10.8. The van der Waals surface area contributed by atoms with E-state index in [1.165, 1.54) is 33.5 Å². The Bertz CT molecular complexity index is 544. The number of hydrogen-bond donors (Lipinski definition) is 1. The molecule has 0 radical (unpaired) electrons. The highest BCUT2D eigenvalue weighted by atomic mass is 14.9. The van der Waals surface area contributed by atoms with Gasteiger partial charge in [0.25, 0.3) is 0 Å². The Labute approximate surface area is 116 Å². The van der Waals surface area contributed by atoms with Gasteiger partial charge in [-0.3, -0.25) is 0 Å². The van der Waals surface area contributed by atoms with Gasteiger partial charge in [-0.2, -0.15) is 0 Å². The molecule has 0 spiro atoms. The molecule has 1 nitrogen and oxygen atoms in total. The molecule has 0 heterocycles. The second-order valence-electron chi connectivity index (χ2n) is 5.66. The molecular formula is C18H23N. The van der Waals surface area contributed by atoms with Gasteiger partial charge in [-0.05, 0) is 63.4 Å². The lowest BCUT2D eigenvalue weighted by molar-refractivity contribution is 0.880. The van der Waals surface area contributed by atoms with E-state index in [1.54, 1.807) is 0 Å². The van der Waals surface area contributed by atoms with E-state index < -0.39 is 0 Å². The Hall–Kier alpha value is -1.76. The highest BCUT2D eigenvalue weighted by molar-refractivity contribution is 5.50. The fourth-order valence-corrected chi connectivity index (χ4v) is 2.65. The molecule has 0 saturated heterocycles. The molecule has 0 aliphatic carbocycles. The van der Waals surface area contributed by atoms with Gasteiger partial charge in [-0.1, -0.05) is 35.4 Å². The Morgan fingerprint density at radius 2 is 1.11 bits per heavy atom. The minimum absolute atomic E-state index is 0.319. The predicted molar refractivity (Wildman–Crippen MR) is 83.9 cm³/mol. The summed E-state index contributed by atoms with van der Waals surface area (Å²) in [4.78, 5) is 0. The molecule has 0 bridgehead atoms. The van der Waals surface area contributed by atoms with Gasteiger partial charge in [-0.25, -0.2) is 0 Å². The van der Waals surface area contributed by atoms with E-state index >= 15 is 0 Å². The van der Waals surface area contributed by atoms with Gasteiger partial charge in [0.2, 0.25) is 0 Å². The van der Waals surface area contributed by atoms with Crippen molar-refractivity contribution in [2.75, 3.05) is 5.32 Å². The Morgan fingerprint density at radius 3 is 1.58 bits per heavy atom. The minimum atomic E-state index is 0.319. The molecule has 0 aliphatic heterocycles. The molecule has 100 valence electrons. The molecule has 0 aliphatic rings. The summed E-state index contributed by atoms with van der Waals surface area (Å²) in [6.07, 6.45) is 0. The maximum absolute atomic E-state index is 3.59. The van der Waals surface area contributed by atoms with Crippen LogP contribution in [0.3, 0.4) is 0 Å². The third-order valence-electron chi connectivity index (χ3n) is 3.35. The fourth-order valence-electron chi connectivity index (χ4n) is 2.65. The molecule has 1 heteroatoms. The maximum atomic E-state index is 3.59. The summed E-state index contributed by atoms with van der Waals surface area (Å²) < 4.78 is 0. The fraction of sp³-hybridized carbons (Fsp3) is 0.333. The molecule has 19 heavy (non-hydrogen) atoms. The smallest absolute Gasteiger partial charge is 0.0485 e. The number of benzene rings is 2. The highest BCUT2D eigenvalue weighted by Gasteiger charge is 2.07. The van der Waals surface area contributed by atoms with Crippen molar-refractivity contribution in [1.29, 1.82) is 0 Å². The largest absolute Gasteiger partial charge is 0.379 e. The van der Waals surface area contributed by atoms with Crippen LogP contribution in [0.1, 0.15) is 40.8 Å². The van der Waals surface area contributed by atoms with Crippen molar-refractivity contribution in [3.63, 3.8) is 0 Å². The van der Waals surface area contributed by atoms with Gasteiger partial charge >= 0.3 is 0 Å². The van der Waals surface area contributed by atoms with Crippen molar-refractivity contribution in [2.45, 2.75) is 40.7 Å². The normalized spacial score (nSPS) is 12.3. The molecule has 0 saturated carbocycles. The Kier molecular flexibility index (Phi) is 3.94. The first-order valence-electron chi connectivity index (χ1n) is 6.87. The van der Waals surface area contributed by atoms with Crippen LogP contribution in [-0.4, -0.2) is 0 Å². The van der Waals surface area contributed by atoms with Crippen LogP contribution in [-0.2, 0) is 0 Å². The van der Waals surface area contributed by atoms with E-state index in [2.05, 4.69) is 76.3 Å². The molecule has 1 atom stereocenters. The van der Waals surface area contributed by atoms with Crippen LogP contribution in [0.2, 0.25) is 0 Å². The number of aryl methyl sites for hydroxylation is 4. The molecule has 0 amide bonds. The summed E-state index contributed by atoms with van der Waals surface area (Å²) >= 11 is 0. The summed E-state index contributed by atoms with van der Waals surface area (Å²) in [5.74, 6) is 0. The first-order chi connectivity index (χ1) is 8.94. The zero-order chi connectivity index (χ0) is 14.0. The lowest BCUT2D eigenvalue weighted by atomic mass is 10.0. The van der Waals surface area contributed by atoms with Crippen LogP contribution in [0.4, 0.5) is 5.69 Å². The SMILES string of the molecule is Cc1cc(C)cc(NC(C)c2cc(C)cc(C)c2)c1. The molecular weight excluding hydrogens is 230 g/mol. The molecule has 2 rings (SSSR count). The van der Waals surface area contributed by atoms with Crippen LogP contribution >= 0.6 is 0 Å². The van der Waals surface area contributed by atoms with Gasteiger partial charge in [0.15, 0.2) is 0 Å². The summed E-state index contributed by atoms with van der Waals surface area (Å²) in [5.41, 5.74) is 7.79. The average Bonchev–Trinajstić information content (AvgIpc) is 2.25. The Balaban J connectivity index is 2.22. The van der Waals surface area contributed by atoms with Gasteiger partial charge in [0.1, 0.15) is 0 Å². The topological polar surface area (TPSA) is 12.0 Å². The van der Waals surface area contributed by atoms with Crippen LogP contribution in [0.25, 0.3) is 0 Å². The third-order valence-corrected chi connectivity index (χ3v) is 3.35. The summed E-state index contributed by atoms with van der Waals surface area (Å²) in [6, 6.07) is 13.7. The summed E-state index contributed by atoms with van der Waals surface area (Å²) in [5, 5.41) is 3.59. The van der Waals surface area contributed by atoms with Gasteiger partial charge < -0.3 is 5.32 Å². The molecule has 0 fully saturated rings. The van der Waals surface area contributed by atoms with Crippen LogP contribution in [0.5, 0.6) is 0 Å². The maximum Gasteiger partial charge on any atom is 0.0485 e. The van der Waals surface area contributed by atoms with E-state index in [0.717, 1.165) is 0 Å². The van der Waals surface area contributed by atoms with E-state index in [-0.39, 0.29) is 0 Å².